The third kappa shape index (κ3) is 5.39. The van der Waals surface area contributed by atoms with E-state index in [-0.39, 0.29) is 11.7 Å². The number of rotatable bonds is 7. The molecule has 0 fully saturated rings. The number of hydrogen-bond donors (Lipinski definition) is 1. The maximum Gasteiger partial charge on any atom is 0.250 e. The van der Waals surface area contributed by atoms with Gasteiger partial charge >= 0.3 is 0 Å². The summed E-state index contributed by atoms with van der Waals surface area (Å²) in [4.78, 5) is 13.3. The molecule has 2 aromatic carbocycles. The minimum Gasteiger partial charge on any atom is -0.272 e. The van der Waals surface area contributed by atoms with Crippen molar-refractivity contribution in [1.29, 1.82) is 0 Å². The number of aryl methyl sites for hydroxylation is 1. The van der Waals surface area contributed by atoms with Gasteiger partial charge in [-0.05, 0) is 72.5 Å². The lowest BCUT2D eigenvalue weighted by Crippen LogP contribution is -2.20. The van der Waals surface area contributed by atoms with Crippen LogP contribution in [-0.4, -0.2) is 32.6 Å². The van der Waals surface area contributed by atoms with Crippen molar-refractivity contribution >= 4 is 58.4 Å². The zero-order chi connectivity index (χ0) is 22.5. The lowest BCUT2D eigenvalue weighted by molar-refractivity contribution is -0.118. The average Bonchev–Trinajstić information content (AvgIpc) is 3.40. The zero-order valence-corrected chi connectivity index (χ0v) is 20.0. The molecule has 0 unspecified atom stereocenters. The first-order chi connectivity index (χ1) is 15.5. The van der Waals surface area contributed by atoms with Crippen molar-refractivity contribution in [2.75, 3.05) is 5.75 Å². The zero-order valence-electron chi connectivity index (χ0n) is 16.8. The number of halogens is 2. The van der Waals surface area contributed by atoms with Gasteiger partial charge in [-0.3, -0.25) is 9.36 Å². The van der Waals surface area contributed by atoms with Crippen molar-refractivity contribution in [3.05, 3.63) is 80.5 Å². The van der Waals surface area contributed by atoms with Crippen molar-refractivity contribution in [3.8, 4) is 17.1 Å². The third-order valence-electron chi connectivity index (χ3n) is 4.43. The number of carbonyl (C=O) groups is 1. The van der Waals surface area contributed by atoms with Crippen LogP contribution in [0, 0.1) is 6.92 Å². The van der Waals surface area contributed by atoms with E-state index in [4.69, 9.17) is 23.2 Å². The number of thioether (sulfide) groups is 1. The van der Waals surface area contributed by atoms with E-state index in [1.54, 1.807) is 41.8 Å². The first-order valence-electron chi connectivity index (χ1n) is 9.47. The second kappa shape index (κ2) is 10.3. The Hall–Kier alpha value is -2.65. The van der Waals surface area contributed by atoms with Crippen LogP contribution in [0.1, 0.15) is 10.4 Å². The van der Waals surface area contributed by atoms with Crippen LogP contribution in [0.2, 0.25) is 10.0 Å². The molecule has 4 aromatic rings. The van der Waals surface area contributed by atoms with Crippen LogP contribution in [0.25, 0.3) is 17.1 Å². The highest BCUT2D eigenvalue weighted by atomic mass is 35.5. The molecule has 0 aliphatic carbocycles. The van der Waals surface area contributed by atoms with E-state index < -0.39 is 0 Å². The van der Waals surface area contributed by atoms with Crippen LogP contribution >= 0.6 is 46.3 Å². The smallest absolute Gasteiger partial charge is 0.250 e. The summed E-state index contributed by atoms with van der Waals surface area (Å²) in [6.45, 7) is 2.00. The number of hydrogen-bond acceptors (Lipinski definition) is 6. The number of benzene rings is 2. The van der Waals surface area contributed by atoms with Crippen LogP contribution in [0.4, 0.5) is 0 Å². The monoisotopic (exact) mass is 501 g/mol. The third-order valence-corrected chi connectivity index (χ3v) is 6.81. The molecule has 10 heteroatoms. The van der Waals surface area contributed by atoms with Gasteiger partial charge in [0.15, 0.2) is 11.0 Å². The van der Waals surface area contributed by atoms with Gasteiger partial charge in [-0.1, -0.05) is 35.0 Å². The largest absolute Gasteiger partial charge is 0.272 e. The number of aromatic nitrogens is 3. The number of carbonyl (C=O) groups excluding carboxylic acids is 1. The number of hydrazone groups is 1. The Labute approximate surface area is 203 Å². The van der Waals surface area contributed by atoms with Crippen LogP contribution in [-0.2, 0) is 4.79 Å². The number of nitrogens with one attached hydrogen (secondary N) is 1. The Morgan fingerprint density at radius 2 is 1.78 bits per heavy atom. The minimum atomic E-state index is -0.237. The van der Waals surface area contributed by atoms with Crippen molar-refractivity contribution in [3.63, 3.8) is 0 Å². The summed E-state index contributed by atoms with van der Waals surface area (Å²) in [7, 11) is 0. The van der Waals surface area contributed by atoms with E-state index >= 15 is 0 Å². The van der Waals surface area contributed by atoms with Gasteiger partial charge in [-0.2, -0.15) is 5.10 Å². The lowest BCUT2D eigenvalue weighted by Gasteiger charge is -2.10. The molecule has 0 aliphatic rings. The predicted octanol–water partition coefficient (Wildman–Crippen LogP) is 5.85. The van der Waals surface area contributed by atoms with E-state index in [1.165, 1.54) is 11.8 Å². The second-order valence-electron chi connectivity index (χ2n) is 6.67. The van der Waals surface area contributed by atoms with E-state index in [9.17, 15) is 4.79 Å². The Bertz CT molecular complexity index is 1250. The summed E-state index contributed by atoms with van der Waals surface area (Å²) in [6.07, 6.45) is 1.65. The Morgan fingerprint density at radius 1 is 1.09 bits per heavy atom. The molecule has 2 heterocycles. The molecule has 1 N–H and O–H groups in total. The van der Waals surface area contributed by atoms with Crippen molar-refractivity contribution < 1.29 is 4.79 Å². The fourth-order valence-electron chi connectivity index (χ4n) is 2.81. The molecule has 6 nitrogen and oxygen atoms in total. The molecule has 0 atom stereocenters. The van der Waals surface area contributed by atoms with Crippen LogP contribution in [0.5, 0.6) is 0 Å². The fraction of sp³-hybridized carbons (Fsp3) is 0.0909. The molecule has 32 heavy (non-hydrogen) atoms. The van der Waals surface area contributed by atoms with Crippen LogP contribution < -0.4 is 5.43 Å². The molecule has 0 saturated heterocycles. The van der Waals surface area contributed by atoms with Crippen LogP contribution in [0.3, 0.4) is 0 Å². The number of thiophene rings is 1. The number of nitrogens with zero attached hydrogens (tertiary/aromatic N) is 4. The van der Waals surface area contributed by atoms with Gasteiger partial charge in [-0.15, -0.1) is 21.5 Å². The van der Waals surface area contributed by atoms with Crippen LogP contribution in [0.15, 0.2) is 70.2 Å². The predicted molar refractivity (Wildman–Crippen MR) is 132 cm³/mol. The molecule has 4 rings (SSSR count). The Balaban J connectivity index is 1.53. The highest BCUT2D eigenvalue weighted by Crippen LogP contribution is 2.29. The standard InChI is InChI=1S/C22H17Cl2N5OS2/c1-14-10-11-31-19(14)12-25-26-20(30)13-32-22-28-27-21(15-2-4-16(23)5-3-15)29(22)18-8-6-17(24)7-9-18/h2-12H,13H2,1H3,(H,26,30). The summed E-state index contributed by atoms with van der Waals surface area (Å²) >= 11 is 14.9. The van der Waals surface area contributed by atoms with Crippen molar-refractivity contribution in [2.24, 2.45) is 5.10 Å². The molecule has 0 aliphatic heterocycles. The van der Waals surface area contributed by atoms with E-state index in [2.05, 4.69) is 20.7 Å². The highest BCUT2D eigenvalue weighted by molar-refractivity contribution is 7.99. The second-order valence-corrected chi connectivity index (χ2v) is 9.44. The molecule has 0 saturated carbocycles. The first kappa shape index (κ1) is 22.5. The molecular weight excluding hydrogens is 485 g/mol. The van der Waals surface area contributed by atoms with Gasteiger partial charge in [0.05, 0.1) is 12.0 Å². The molecule has 162 valence electrons. The fourth-order valence-corrected chi connectivity index (χ4v) is 4.60. The van der Waals surface area contributed by atoms with Gasteiger partial charge in [-0.25, -0.2) is 5.43 Å². The highest BCUT2D eigenvalue weighted by Gasteiger charge is 2.17. The Kier molecular flexibility index (Phi) is 7.26. The first-order valence-corrected chi connectivity index (χ1v) is 12.1. The quantitative estimate of drug-likeness (QED) is 0.195. The average molecular weight is 502 g/mol. The lowest BCUT2D eigenvalue weighted by atomic mass is 10.2. The van der Waals surface area contributed by atoms with E-state index in [0.29, 0.717) is 21.0 Å². The maximum absolute atomic E-state index is 12.3. The van der Waals surface area contributed by atoms with E-state index in [0.717, 1.165) is 21.7 Å². The SMILES string of the molecule is Cc1ccsc1C=NNC(=O)CSc1nnc(-c2ccc(Cl)cc2)n1-c1ccc(Cl)cc1. The van der Waals surface area contributed by atoms with Crippen molar-refractivity contribution in [1.82, 2.24) is 20.2 Å². The van der Waals surface area contributed by atoms with Gasteiger partial charge in [0.1, 0.15) is 0 Å². The molecule has 0 radical (unpaired) electrons. The summed E-state index contributed by atoms with van der Waals surface area (Å²) in [5, 5.41) is 16.5. The summed E-state index contributed by atoms with van der Waals surface area (Å²) in [6, 6.07) is 16.7. The maximum atomic E-state index is 12.3. The van der Waals surface area contributed by atoms with Gasteiger partial charge < -0.3 is 0 Å². The van der Waals surface area contributed by atoms with Gasteiger partial charge in [0, 0.05) is 26.2 Å². The molecular formula is C22H17Cl2N5OS2. The normalized spacial score (nSPS) is 11.2. The summed E-state index contributed by atoms with van der Waals surface area (Å²) in [5.41, 5.74) is 5.36. The number of amides is 1. The summed E-state index contributed by atoms with van der Waals surface area (Å²) < 4.78 is 1.88. The minimum absolute atomic E-state index is 0.132. The molecule has 0 spiro atoms. The topological polar surface area (TPSA) is 72.2 Å². The molecule has 2 aromatic heterocycles. The van der Waals surface area contributed by atoms with Crippen molar-refractivity contribution in [2.45, 2.75) is 12.1 Å². The summed E-state index contributed by atoms with van der Waals surface area (Å²) in [5.74, 6) is 0.532. The van der Waals surface area contributed by atoms with Gasteiger partial charge in [0.25, 0.3) is 5.91 Å². The van der Waals surface area contributed by atoms with E-state index in [1.807, 2.05) is 47.2 Å². The Morgan fingerprint density at radius 3 is 2.44 bits per heavy atom. The molecule has 1 amide bonds. The molecule has 0 bridgehead atoms. The van der Waals surface area contributed by atoms with Gasteiger partial charge in [0.2, 0.25) is 0 Å².